The van der Waals surface area contributed by atoms with E-state index in [0.29, 0.717) is 17.7 Å². The van der Waals surface area contributed by atoms with Crippen LogP contribution in [0.15, 0.2) is 18.2 Å². The van der Waals surface area contributed by atoms with Crippen molar-refractivity contribution in [2.24, 2.45) is 0 Å². The minimum absolute atomic E-state index is 0.0601. The number of rotatable bonds is 7. The van der Waals surface area contributed by atoms with Crippen molar-refractivity contribution < 1.29 is 14.3 Å². The van der Waals surface area contributed by atoms with Crippen molar-refractivity contribution in [1.29, 1.82) is 0 Å². The van der Waals surface area contributed by atoms with Crippen molar-refractivity contribution in [1.82, 2.24) is 0 Å². The summed E-state index contributed by atoms with van der Waals surface area (Å²) in [5.41, 5.74) is 1.86. The summed E-state index contributed by atoms with van der Waals surface area (Å²) in [7, 11) is 1.33. The number of benzene rings is 1. The van der Waals surface area contributed by atoms with Crippen LogP contribution in [0.3, 0.4) is 0 Å². The maximum atomic E-state index is 11.9. The van der Waals surface area contributed by atoms with Gasteiger partial charge in [-0.1, -0.05) is 37.8 Å². The number of hydrogen-bond acceptors (Lipinski definition) is 3. The Kier molecular flexibility index (Phi) is 6.77. The standard InChI is InChI=1S/C16H23NO3/c1-4-5-6-7-8-15(18)17-14-10-9-12(2)11-13(14)16(19)20-3/h9-11H,4-8H2,1-3H3,(H,17,18). The van der Waals surface area contributed by atoms with E-state index in [1.807, 2.05) is 13.0 Å². The molecule has 110 valence electrons. The van der Waals surface area contributed by atoms with Crippen molar-refractivity contribution >= 4 is 17.6 Å². The molecule has 20 heavy (non-hydrogen) atoms. The summed E-state index contributed by atoms with van der Waals surface area (Å²) in [6.07, 6.45) is 4.70. The van der Waals surface area contributed by atoms with Crippen molar-refractivity contribution in [2.75, 3.05) is 12.4 Å². The molecule has 1 aromatic carbocycles. The zero-order valence-electron chi connectivity index (χ0n) is 12.5. The first-order chi connectivity index (χ1) is 9.58. The second kappa shape index (κ2) is 8.35. The molecule has 0 aliphatic heterocycles. The number of carbonyl (C=O) groups excluding carboxylic acids is 2. The van der Waals surface area contributed by atoms with Crippen molar-refractivity contribution in [3.8, 4) is 0 Å². The lowest BCUT2D eigenvalue weighted by Crippen LogP contribution is -2.15. The van der Waals surface area contributed by atoms with Crippen molar-refractivity contribution in [3.05, 3.63) is 29.3 Å². The average molecular weight is 277 g/mol. The van der Waals surface area contributed by atoms with E-state index in [0.717, 1.165) is 31.2 Å². The number of ether oxygens (including phenoxy) is 1. The van der Waals surface area contributed by atoms with Gasteiger partial charge in [-0.05, 0) is 25.5 Å². The van der Waals surface area contributed by atoms with E-state index in [9.17, 15) is 9.59 Å². The van der Waals surface area contributed by atoms with Gasteiger partial charge < -0.3 is 10.1 Å². The molecule has 0 aliphatic rings. The molecule has 0 unspecified atom stereocenters. The Bertz CT molecular complexity index is 469. The van der Waals surface area contributed by atoms with Crippen LogP contribution in [0.4, 0.5) is 5.69 Å². The van der Waals surface area contributed by atoms with Crippen LogP contribution in [0.2, 0.25) is 0 Å². The van der Waals surface area contributed by atoms with Gasteiger partial charge in [0.1, 0.15) is 0 Å². The molecule has 4 nitrogen and oxygen atoms in total. The largest absolute Gasteiger partial charge is 0.465 e. The molecule has 1 amide bonds. The molecule has 4 heteroatoms. The predicted molar refractivity (Wildman–Crippen MR) is 79.9 cm³/mol. The number of esters is 1. The molecule has 0 bridgehead atoms. The summed E-state index contributed by atoms with van der Waals surface area (Å²) < 4.78 is 4.74. The molecule has 0 atom stereocenters. The Morgan fingerprint density at radius 3 is 2.60 bits per heavy atom. The van der Waals surface area contributed by atoms with Gasteiger partial charge in [0.25, 0.3) is 0 Å². The van der Waals surface area contributed by atoms with Gasteiger partial charge >= 0.3 is 5.97 Å². The fraction of sp³-hybridized carbons (Fsp3) is 0.500. The Labute approximate surface area is 120 Å². The monoisotopic (exact) mass is 277 g/mol. The third-order valence-electron chi connectivity index (χ3n) is 3.11. The first-order valence-corrected chi connectivity index (χ1v) is 7.07. The third kappa shape index (κ3) is 5.03. The summed E-state index contributed by atoms with van der Waals surface area (Å²) in [5.74, 6) is -0.495. The van der Waals surface area contributed by atoms with Gasteiger partial charge in [-0.15, -0.1) is 0 Å². The van der Waals surface area contributed by atoms with Gasteiger partial charge in [-0.2, -0.15) is 0 Å². The zero-order chi connectivity index (χ0) is 15.0. The average Bonchev–Trinajstić information content (AvgIpc) is 2.44. The van der Waals surface area contributed by atoms with Crippen LogP contribution in [-0.4, -0.2) is 19.0 Å². The van der Waals surface area contributed by atoms with E-state index >= 15 is 0 Å². The van der Waals surface area contributed by atoms with Gasteiger partial charge in [0.2, 0.25) is 5.91 Å². The maximum Gasteiger partial charge on any atom is 0.339 e. The van der Waals surface area contributed by atoms with Gasteiger partial charge in [0.15, 0.2) is 0 Å². The van der Waals surface area contributed by atoms with Gasteiger partial charge in [-0.25, -0.2) is 4.79 Å². The number of anilines is 1. The highest BCUT2D eigenvalue weighted by molar-refractivity contribution is 6.01. The number of nitrogens with one attached hydrogen (secondary N) is 1. The van der Waals surface area contributed by atoms with Gasteiger partial charge in [-0.3, -0.25) is 4.79 Å². The summed E-state index contributed by atoms with van der Waals surface area (Å²) in [4.78, 5) is 23.6. The molecular formula is C16H23NO3. The minimum Gasteiger partial charge on any atom is -0.465 e. The molecule has 0 heterocycles. The summed E-state index contributed by atoms with van der Waals surface area (Å²) in [6.45, 7) is 4.03. The third-order valence-corrected chi connectivity index (χ3v) is 3.11. The van der Waals surface area contributed by atoms with Crippen LogP contribution in [0.5, 0.6) is 0 Å². The van der Waals surface area contributed by atoms with Crippen LogP contribution in [0.25, 0.3) is 0 Å². The normalized spacial score (nSPS) is 10.2. The predicted octanol–water partition coefficient (Wildman–Crippen LogP) is 3.69. The fourth-order valence-corrected chi connectivity index (χ4v) is 1.97. The number of unbranched alkanes of at least 4 members (excludes halogenated alkanes) is 3. The Balaban J connectivity index is 2.67. The molecule has 0 saturated carbocycles. The lowest BCUT2D eigenvalue weighted by Gasteiger charge is -2.10. The molecule has 1 aromatic rings. The van der Waals surface area contributed by atoms with Crippen LogP contribution in [-0.2, 0) is 9.53 Å². The van der Waals surface area contributed by atoms with E-state index in [-0.39, 0.29) is 5.91 Å². The quantitative estimate of drug-likeness (QED) is 0.611. The second-order valence-electron chi connectivity index (χ2n) is 4.90. The number of methoxy groups -OCH3 is 1. The number of hydrogen-bond donors (Lipinski definition) is 1. The SMILES string of the molecule is CCCCCCC(=O)Nc1ccc(C)cc1C(=O)OC. The van der Waals surface area contributed by atoms with E-state index < -0.39 is 5.97 Å². The highest BCUT2D eigenvalue weighted by Gasteiger charge is 2.13. The number of carbonyl (C=O) groups is 2. The molecule has 0 saturated heterocycles. The lowest BCUT2D eigenvalue weighted by molar-refractivity contribution is -0.116. The smallest absolute Gasteiger partial charge is 0.339 e. The topological polar surface area (TPSA) is 55.4 Å². The van der Waals surface area contributed by atoms with Gasteiger partial charge in [0.05, 0.1) is 18.4 Å². The minimum atomic E-state index is -0.435. The molecule has 0 spiro atoms. The van der Waals surface area contributed by atoms with Crippen molar-refractivity contribution in [3.63, 3.8) is 0 Å². The fourth-order valence-electron chi connectivity index (χ4n) is 1.97. The van der Waals surface area contributed by atoms with E-state index in [4.69, 9.17) is 4.74 Å². The van der Waals surface area contributed by atoms with E-state index in [2.05, 4.69) is 12.2 Å². The van der Waals surface area contributed by atoms with Crippen LogP contribution in [0.1, 0.15) is 54.9 Å². The molecule has 1 N–H and O–H groups in total. The lowest BCUT2D eigenvalue weighted by atomic mass is 10.1. The summed E-state index contributed by atoms with van der Waals surface area (Å²) >= 11 is 0. The van der Waals surface area contributed by atoms with E-state index in [1.54, 1.807) is 12.1 Å². The molecular weight excluding hydrogens is 254 g/mol. The molecule has 0 radical (unpaired) electrons. The molecule has 0 aliphatic carbocycles. The first-order valence-electron chi connectivity index (χ1n) is 7.07. The Morgan fingerprint density at radius 1 is 1.20 bits per heavy atom. The highest BCUT2D eigenvalue weighted by atomic mass is 16.5. The highest BCUT2D eigenvalue weighted by Crippen LogP contribution is 2.19. The molecule has 1 rings (SSSR count). The van der Waals surface area contributed by atoms with Crippen molar-refractivity contribution in [2.45, 2.75) is 46.0 Å². The Hall–Kier alpha value is -1.84. The zero-order valence-corrected chi connectivity index (χ0v) is 12.5. The first kappa shape index (κ1) is 16.2. The second-order valence-corrected chi connectivity index (χ2v) is 4.90. The van der Waals surface area contributed by atoms with Crippen LogP contribution in [0, 0.1) is 6.92 Å². The number of aryl methyl sites for hydroxylation is 1. The van der Waals surface area contributed by atoms with Crippen LogP contribution < -0.4 is 5.32 Å². The molecule has 0 fully saturated rings. The summed E-state index contributed by atoms with van der Waals surface area (Å²) in [5, 5.41) is 2.79. The molecule has 0 aromatic heterocycles. The van der Waals surface area contributed by atoms with Gasteiger partial charge in [0, 0.05) is 6.42 Å². The van der Waals surface area contributed by atoms with Crippen LogP contribution >= 0.6 is 0 Å². The number of amides is 1. The Morgan fingerprint density at radius 2 is 1.95 bits per heavy atom. The van der Waals surface area contributed by atoms with E-state index in [1.165, 1.54) is 7.11 Å². The maximum absolute atomic E-state index is 11.9. The summed E-state index contributed by atoms with van der Waals surface area (Å²) in [6, 6.07) is 5.32.